The normalized spacial score (nSPS) is 10.6. The number of H-pyrrole nitrogens is 1. The van der Waals surface area contributed by atoms with E-state index in [4.69, 9.17) is 4.84 Å². The molecule has 3 rings (SSSR count). The molecule has 0 aliphatic heterocycles. The number of nitrogens with zero attached hydrogens (tertiary/aromatic N) is 1. The Hall–Kier alpha value is -3.08. The summed E-state index contributed by atoms with van der Waals surface area (Å²) >= 11 is 0. The molecule has 0 aliphatic carbocycles. The molecule has 0 saturated carbocycles. The number of para-hydroxylation sites is 1. The maximum absolute atomic E-state index is 12.6. The number of benzene rings is 2. The minimum atomic E-state index is -0.503. The van der Waals surface area contributed by atoms with Crippen LogP contribution in [0.1, 0.15) is 24.5 Å². The minimum absolute atomic E-state index is 0.218. The van der Waals surface area contributed by atoms with E-state index < -0.39 is 5.97 Å². The van der Waals surface area contributed by atoms with Crippen LogP contribution in [0.2, 0.25) is 0 Å². The zero-order valence-electron chi connectivity index (χ0n) is 14.1. The van der Waals surface area contributed by atoms with Crippen LogP contribution in [0.25, 0.3) is 10.9 Å². The molecule has 128 valence electrons. The van der Waals surface area contributed by atoms with Gasteiger partial charge in [-0.2, -0.15) is 5.06 Å². The lowest BCUT2D eigenvalue weighted by Crippen LogP contribution is -2.32. The molecule has 5 heteroatoms. The maximum atomic E-state index is 12.6. The second kappa shape index (κ2) is 7.66. The van der Waals surface area contributed by atoms with Crippen LogP contribution in [0.3, 0.4) is 0 Å². The minimum Gasteiger partial charge on any atom is -0.361 e. The van der Waals surface area contributed by atoms with Gasteiger partial charge in [0, 0.05) is 30.4 Å². The highest BCUT2D eigenvalue weighted by atomic mass is 16.7. The molecule has 0 radical (unpaired) electrons. The van der Waals surface area contributed by atoms with E-state index in [9.17, 15) is 9.59 Å². The summed E-state index contributed by atoms with van der Waals surface area (Å²) in [7, 11) is 0. The van der Waals surface area contributed by atoms with Gasteiger partial charge in [0.05, 0.1) is 6.54 Å². The highest BCUT2D eigenvalue weighted by Crippen LogP contribution is 2.19. The first kappa shape index (κ1) is 16.8. The number of carbonyl (C=O) groups is 2. The van der Waals surface area contributed by atoms with Crippen LogP contribution in [0, 0.1) is 0 Å². The monoisotopic (exact) mass is 336 g/mol. The van der Waals surface area contributed by atoms with E-state index >= 15 is 0 Å². The van der Waals surface area contributed by atoms with Gasteiger partial charge in [0.25, 0.3) is 5.91 Å². The van der Waals surface area contributed by atoms with Gasteiger partial charge < -0.3 is 9.82 Å². The van der Waals surface area contributed by atoms with Crippen LogP contribution in [0.4, 0.5) is 0 Å². The van der Waals surface area contributed by atoms with Crippen molar-refractivity contribution in [2.45, 2.75) is 26.3 Å². The molecule has 0 unspecified atom stereocenters. The molecule has 5 nitrogen and oxygen atoms in total. The van der Waals surface area contributed by atoms with E-state index in [0.717, 1.165) is 27.1 Å². The van der Waals surface area contributed by atoms with Crippen LogP contribution in [-0.4, -0.2) is 21.9 Å². The van der Waals surface area contributed by atoms with Crippen molar-refractivity contribution in [1.82, 2.24) is 10.0 Å². The number of hydrogen-bond donors (Lipinski definition) is 1. The van der Waals surface area contributed by atoms with E-state index in [0.29, 0.717) is 6.42 Å². The third-order valence-corrected chi connectivity index (χ3v) is 3.97. The standard InChI is InChI=1S/C20H20N2O3/c1-15(23)25-22(14-16-7-3-2-4-8-16)20(24)12-11-17-13-21-19-10-6-5-9-18(17)19/h2-10,13,21H,11-12,14H2,1H3. The summed E-state index contributed by atoms with van der Waals surface area (Å²) in [5, 5.41) is 2.25. The third kappa shape index (κ3) is 4.26. The second-order valence-corrected chi connectivity index (χ2v) is 5.86. The molecule has 0 atom stereocenters. The molecular weight excluding hydrogens is 316 g/mol. The van der Waals surface area contributed by atoms with Gasteiger partial charge in [-0.25, -0.2) is 0 Å². The van der Waals surface area contributed by atoms with Crippen molar-refractivity contribution in [2.75, 3.05) is 0 Å². The Bertz CT molecular complexity index is 871. The van der Waals surface area contributed by atoms with Crippen molar-refractivity contribution < 1.29 is 14.4 Å². The average Bonchev–Trinajstić information content (AvgIpc) is 3.03. The SMILES string of the molecule is CC(=O)ON(Cc1ccccc1)C(=O)CCc1c[nH]c2ccccc12. The predicted octanol–water partition coefficient (Wildman–Crippen LogP) is 3.61. The van der Waals surface area contributed by atoms with Crippen LogP contribution in [0.15, 0.2) is 60.8 Å². The van der Waals surface area contributed by atoms with Crippen LogP contribution in [0.5, 0.6) is 0 Å². The third-order valence-electron chi connectivity index (χ3n) is 3.97. The average molecular weight is 336 g/mol. The number of nitrogens with one attached hydrogen (secondary N) is 1. The van der Waals surface area contributed by atoms with E-state index in [1.54, 1.807) is 0 Å². The highest BCUT2D eigenvalue weighted by Gasteiger charge is 2.18. The topological polar surface area (TPSA) is 62.4 Å². The number of carbonyl (C=O) groups excluding carboxylic acids is 2. The summed E-state index contributed by atoms with van der Waals surface area (Å²) < 4.78 is 0. The molecule has 1 N–H and O–H groups in total. The van der Waals surface area contributed by atoms with Gasteiger partial charge >= 0.3 is 5.97 Å². The fourth-order valence-electron chi connectivity index (χ4n) is 2.78. The lowest BCUT2D eigenvalue weighted by atomic mass is 10.1. The molecule has 1 aromatic heterocycles. The van der Waals surface area contributed by atoms with Crippen molar-refractivity contribution in [3.63, 3.8) is 0 Å². The zero-order valence-corrected chi connectivity index (χ0v) is 14.1. The Balaban J connectivity index is 1.68. The molecule has 0 spiro atoms. The van der Waals surface area contributed by atoms with Crippen LogP contribution in [-0.2, 0) is 27.4 Å². The Morgan fingerprint density at radius 2 is 1.76 bits per heavy atom. The molecule has 0 fully saturated rings. The van der Waals surface area contributed by atoms with Gasteiger partial charge in [-0.05, 0) is 23.6 Å². The summed E-state index contributed by atoms with van der Waals surface area (Å²) in [6.07, 6.45) is 2.77. The molecule has 2 aromatic carbocycles. The first-order chi connectivity index (χ1) is 12.1. The van der Waals surface area contributed by atoms with E-state index in [-0.39, 0.29) is 18.9 Å². The summed E-state index contributed by atoms with van der Waals surface area (Å²) in [5.74, 6) is -0.722. The lowest BCUT2D eigenvalue weighted by molar-refractivity contribution is -0.198. The molecule has 1 heterocycles. The summed E-state index contributed by atoms with van der Waals surface area (Å²) in [6.45, 7) is 1.54. The smallest absolute Gasteiger partial charge is 0.329 e. The van der Waals surface area contributed by atoms with Crippen molar-refractivity contribution in [2.24, 2.45) is 0 Å². The van der Waals surface area contributed by atoms with Gasteiger partial charge in [0.15, 0.2) is 0 Å². The fraction of sp³-hybridized carbons (Fsp3) is 0.200. The number of rotatable bonds is 5. The Kier molecular flexibility index (Phi) is 5.14. The largest absolute Gasteiger partial charge is 0.361 e. The number of hydroxylamine groups is 2. The number of fused-ring (bicyclic) bond motifs is 1. The molecule has 0 aliphatic rings. The first-order valence-electron chi connectivity index (χ1n) is 8.21. The molecule has 0 saturated heterocycles. The van der Waals surface area contributed by atoms with Gasteiger partial charge in [0.1, 0.15) is 0 Å². The Labute approximate surface area is 146 Å². The van der Waals surface area contributed by atoms with Crippen molar-refractivity contribution in [3.8, 4) is 0 Å². The molecule has 25 heavy (non-hydrogen) atoms. The van der Waals surface area contributed by atoms with Crippen molar-refractivity contribution >= 4 is 22.8 Å². The Morgan fingerprint density at radius 1 is 1.04 bits per heavy atom. The number of aromatic nitrogens is 1. The second-order valence-electron chi connectivity index (χ2n) is 5.86. The molecular formula is C20H20N2O3. The van der Waals surface area contributed by atoms with E-state index in [2.05, 4.69) is 4.98 Å². The van der Waals surface area contributed by atoms with E-state index in [1.807, 2.05) is 60.8 Å². The molecule has 0 bridgehead atoms. The lowest BCUT2D eigenvalue weighted by Gasteiger charge is -2.20. The summed E-state index contributed by atoms with van der Waals surface area (Å²) in [5.41, 5.74) is 3.03. The van der Waals surface area contributed by atoms with E-state index in [1.165, 1.54) is 6.92 Å². The summed E-state index contributed by atoms with van der Waals surface area (Å²) in [4.78, 5) is 32.2. The predicted molar refractivity (Wildman–Crippen MR) is 95.4 cm³/mol. The highest BCUT2D eigenvalue weighted by molar-refractivity contribution is 5.84. The number of amides is 1. The fourth-order valence-corrected chi connectivity index (χ4v) is 2.78. The number of aryl methyl sites for hydroxylation is 1. The van der Waals surface area contributed by atoms with Crippen molar-refractivity contribution in [1.29, 1.82) is 0 Å². The van der Waals surface area contributed by atoms with Crippen molar-refractivity contribution in [3.05, 3.63) is 71.9 Å². The van der Waals surface area contributed by atoms with Gasteiger partial charge in [-0.3, -0.25) is 9.59 Å². The zero-order chi connectivity index (χ0) is 17.6. The maximum Gasteiger partial charge on any atom is 0.329 e. The molecule has 1 amide bonds. The summed E-state index contributed by atoms with van der Waals surface area (Å²) in [6, 6.07) is 17.4. The first-order valence-corrected chi connectivity index (χ1v) is 8.21. The van der Waals surface area contributed by atoms with Gasteiger partial charge in [0.2, 0.25) is 0 Å². The molecule has 3 aromatic rings. The van der Waals surface area contributed by atoms with Gasteiger partial charge in [-0.1, -0.05) is 48.5 Å². The van der Waals surface area contributed by atoms with Gasteiger partial charge in [-0.15, -0.1) is 0 Å². The number of hydrogen-bond acceptors (Lipinski definition) is 3. The van der Waals surface area contributed by atoms with Crippen LogP contribution >= 0.6 is 0 Å². The van der Waals surface area contributed by atoms with Crippen LogP contribution < -0.4 is 0 Å². The number of aromatic amines is 1. The quantitative estimate of drug-likeness (QED) is 0.724. The Morgan fingerprint density at radius 3 is 2.52 bits per heavy atom.